The molecule has 168 valence electrons. The Morgan fingerprint density at radius 1 is 1.29 bits per heavy atom. The number of ether oxygens (including phenoxy) is 3. The third-order valence-electron chi connectivity index (χ3n) is 5.55. The summed E-state index contributed by atoms with van der Waals surface area (Å²) in [6.07, 6.45) is -0.540. The van der Waals surface area contributed by atoms with Crippen LogP contribution < -0.4 is 21.8 Å². The molecule has 10 nitrogen and oxygen atoms in total. The van der Waals surface area contributed by atoms with Crippen LogP contribution in [0.25, 0.3) is 0 Å². The van der Waals surface area contributed by atoms with Gasteiger partial charge in [-0.3, -0.25) is 9.59 Å². The van der Waals surface area contributed by atoms with Crippen LogP contribution in [0.5, 0.6) is 0 Å². The topological polar surface area (TPSA) is 132 Å². The SMILES string of the molecule is Bc1ccc(NC(=O)C2CC3(CN2C(=O)[C@@H](NC(=O)OC)C(C)C)OCCO3)c(N)c1. The lowest BCUT2D eigenvalue weighted by Gasteiger charge is -2.30. The van der Waals surface area contributed by atoms with E-state index in [-0.39, 0.29) is 18.9 Å². The maximum absolute atomic E-state index is 13.4. The summed E-state index contributed by atoms with van der Waals surface area (Å²) >= 11 is 0. The van der Waals surface area contributed by atoms with E-state index in [1.54, 1.807) is 26.0 Å². The number of hydrogen-bond donors (Lipinski definition) is 3. The predicted molar refractivity (Wildman–Crippen MR) is 117 cm³/mol. The first-order valence-corrected chi connectivity index (χ1v) is 10.3. The van der Waals surface area contributed by atoms with Crippen LogP contribution in [-0.2, 0) is 23.8 Å². The zero-order chi connectivity index (χ0) is 22.8. The number of rotatable bonds is 5. The van der Waals surface area contributed by atoms with E-state index in [1.807, 2.05) is 13.9 Å². The number of anilines is 2. The normalized spacial score (nSPS) is 20.6. The average molecular weight is 432 g/mol. The Hall–Kier alpha value is -2.79. The van der Waals surface area contributed by atoms with Gasteiger partial charge in [-0.15, -0.1) is 0 Å². The Morgan fingerprint density at radius 3 is 2.55 bits per heavy atom. The van der Waals surface area contributed by atoms with Gasteiger partial charge in [-0.2, -0.15) is 0 Å². The molecule has 3 rings (SSSR count). The second kappa shape index (κ2) is 9.15. The summed E-state index contributed by atoms with van der Waals surface area (Å²) in [5.41, 5.74) is 7.89. The summed E-state index contributed by atoms with van der Waals surface area (Å²) in [5, 5.41) is 5.37. The molecule has 0 radical (unpaired) electrons. The van der Waals surface area contributed by atoms with E-state index < -0.39 is 35.8 Å². The van der Waals surface area contributed by atoms with Crippen LogP contribution in [0.2, 0.25) is 0 Å². The Bertz CT molecular complexity index is 858. The summed E-state index contributed by atoms with van der Waals surface area (Å²) in [6.45, 7) is 4.45. The number of likely N-dealkylation sites (tertiary alicyclic amines) is 1. The molecule has 0 saturated carbocycles. The Balaban J connectivity index is 1.85. The van der Waals surface area contributed by atoms with E-state index in [0.29, 0.717) is 24.6 Å². The predicted octanol–water partition coefficient (Wildman–Crippen LogP) is -0.810. The quantitative estimate of drug-likeness (QED) is 0.410. The molecular weight excluding hydrogens is 403 g/mol. The molecule has 1 spiro atoms. The number of benzene rings is 1. The first-order chi connectivity index (χ1) is 14.7. The third-order valence-corrected chi connectivity index (χ3v) is 5.55. The van der Waals surface area contributed by atoms with Crippen molar-refractivity contribution in [3.63, 3.8) is 0 Å². The van der Waals surface area contributed by atoms with Gasteiger partial charge in [0, 0.05) is 6.42 Å². The van der Waals surface area contributed by atoms with Crippen molar-refractivity contribution in [3.8, 4) is 0 Å². The number of nitrogens with two attached hydrogens (primary N) is 1. The van der Waals surface area contributed by atoms with Crippen LogP contribution >= 0.6 is 0 Å². The van der Waals surface area contributed by atoms with Gasteiger partial charge in [0.1, 0.15) is 19.9 Å². The van der Waals surface area contributed by atoms with E-state index in [4.69, 9.17) is 15.2 Å². The second-order valence-corrected chi connectivity index (χ2v) is 8.23. The lowest BCUT2D eigenvalue weighted by atomic mass is 9.95. The zero-order valence-electron chi connectivity index (χ0n) is 18.3. The maximum atomic E-state index is 13.4. The van der Waals surface area contributed by atoms with Crippen LogP contribution in [0.4, 0.5) is 16.2 Å². The van der Waals surface area contributed by atoms with Crippen molar-refractivity contribution >= 4 is 42.6 Å². The summed E-state index contributed by atoms with van der Waals surface area (Å²) < 4.78 is 16.2. The van der Waals surface area contributed by atoms with Crippen molar-refractivity contribution in [2.75, 3.05) is 37.9 Å². The van der Waals surface area contributed by atoms with Gasteiger partial charge in [0.05, 0.1) is 38.2 Å². The molecule has 2 atom stereocenters. The number of nitrogens with one attached hydrogen (secondary N) is 2. The van der Waals surface area contributed by atoms with Gasteiger partial charge < -0.3 is 35.5 Å². The standard InChI is InChI=1S/C20H29BN4O6/c1-11(2)16(24-19(28)29-3)18(27)25-10-20(30-6-7-31-20)9-15(25)17(26)23-14-5-4-12(21)8-13(14)22/h4-5,8,11,15-16H,6-7,9-10,21-22H2,1-3H3,(H,23,26)(H,24,28)/t15?,16-/m0/s1. The number of amides is 3. The number of hydrogen-bond acceptors (Lipinski definition) is 7. The molecule has 0 aliphatic carbocycles. The molecule has 2 aliphatic rings. The Morgan fingerprint density at radius 2 is 1.97 bits per heavy atom. The van der Waals surface area contributed by atoms with Crippen LogP contribution in [0.15, 0.2) is 18.2 Å². The summed E-state index contributed by atoms with van der Waals surface area (Å²) in [7, 11) is 3.13. The van der Waals surface area contributed by atoms with E-state index in [9.17, 15) is 14.4 Å². The van der Waals surface area contributed by atoms with E-state index in [1.165, 1.54) is 12.0 Å². The molecule has 1 aromatic rings. The fraction of sp³-hybridized carbons (Fsp3) is 0.550. The first-order valence-electron chi connectivity index (χ1n) is 10.3. The van der Waals surface area contributed by atoms with Crippen molar-refractivity contribution in [2.24, 2.45) is 5.92 Å². The van der Waals surface area contributed by atoms with Crippen LogP contribution in [-0.4, -0.2) is 75.4 Å². The fourth-order valence-corrected chi connectivity index (χ4v) is 3.90. The smallest absolute Gasteiger partial charge is 0.407 e. The zero-order valence-corrected chi connectivity index (χ0v) is 18.3. The Kier molecular flexibility index (Phi) is 6.76. The van der Waals surface area contributed by atoms with E-state index in [2.05, 4.69) is 15.4 Å². The summed E-state index contributed by atoms with van der Waals surface area (Å²) in [6, 6.07) is 3.59. The Labute approximate surface area is 182 Å². The largest absolute Gasteiger partial charge is 0.453 e. The molecule has 31 heavy (non-hydrogen) atoms. The molecule has 1 aromatic carbocycles. The van der Waals surface area contributed by atoms with Gasteiger partial charge in [0.15, 0.2) is 5.79 Å². The molecular formula is C20H29BN4O6. The second-order valence-electron chi connectivity index (χ2n) is 8.23. The monoisotopic (exact) mass is 432 g/mol. The lowest BCUT2D eigenvalue weighted by Crippen LogP contribution is -2.54. The molecule has 2 aliphatic heterocycles. The van der Waals surface area contributed by atoms with Crippen molar-refractivity contribution < 1.29 is 28.6 Å². The highest BCUT2D eigenvalue weighted by atomic mass is 16.7. The van der Waals surface area contributed by atoms with Crippen LogP contribution in [0.1, 0.15) is 20.3 Å². The average Bonchev–Trinajstić information content (AvgIpc) is 3.34. The number of nitrogens with zero attached hydrogens (tertiary/aromatic N) is 1. The minimum absolute atomic E-state index is 0.0827. The molecule has 2 heterocycles. The van der Waals surface area contributed by atoms with Crippen molar-refractivity contribution in [1.29, 1.82) is 0 Å². The van der Waals surface area contributed by atoms with E-state index >= 15 is 0 Å². The molecule has 4 N–H and O–H groups in total. The minimum atomic E-state index is -1.04. The van der Waals surface area contributed by atoms with Gasteiger partial charge >= 0.3 is 6.09 Å². The number of carbonyl (C=O) groups is 3. The molecule has 2 saturated heterocycles. The molecule has 2 fully saturated rings. The number of methoxy groups -OCH3 is 1. The fourth-order valence-electron chi connectivity index (χ4n) is 3.90. The molecule has 0 aromatic heterocycles. The highest BCUT2D eigenvalue weighted by molar-refractivity contribution is 6.32. The first kappa shape index (κ1) is 22.9. The molecule has 11 heteroatoms. The van der Waals surface area contributed by atoms with Crippen LogP contribution in [0.3, 0.4) is 0 Å². The minimum Gasteiger partial charge on any atom is -0.453 e. The van der Waals surface area contributed by atoms with Crippen molar-refractivity contribution in [1.82, 2.24) is 10.2 Å². The van der Waals surface area contributed by atoms with E-state index in [0.717, 1.165) is 5.46 Å². The number of carbonyl (C=O) groups excluding carboxylic acids is 3. The highest BCUT2D eigenvalue weighted by Gasteiger charge is 2.53. The summed E-state index contributed by atoms with van der Waals surface area (Å²) in [4.78, 5) is 39.8. The van der Waals surface area contributed by atoms with Crippen molar-refractivity contribution in [2.45, 2.75) is 38.1 Å². The van der Waals surface area contributed by atoms with Gasteiger partial charge in [0.25, 0.3) is 0 Å². The third kappa shape index (κ3) is 4.93. The van der Waals surface area contributed by atoms with Gasteiger partial charge in [0.2, 0.25) is 11.8 Å². The molecule has 0 bridgehead atoms. The van der Waals surface area contributed by atoms with Gasteiger partial charge in [-0.1, -0.05) is 25.4 Å². The highest BCUT2D eigenvalue weighted by Crippen LogP contribution is 2.36. The lowest BCUT2D eigenvalue weighted by molar-refractivity contribution is -0.153. The number of alkyl carbamates (subject to hydrolysis) is 1. The van der Waals surface area contributed by atoms with Gasteiger partial charge in [-0.25, -0.2) is 4.79 Å². The molecule has 1 unspecified atom stereocenters. The molecule has 3 amide bonds. The van der Waals surface area contributed by atoms with Crippen molar-refractivity contribution in [3.05, 3.63) is 18.2 Å². The van der Waals surface area contributed by atoms with Crippen LogP contribution in [0, 0.1) is 5.92 Å². The summed E-state index contributed by atoms with van der Waals surface area (Å²) in [5.74, 6) is -2.08. The maximum Gasteiger partial charge on any atom is 0.407 e. The van der Waals surface area contributed by atoms with Gasteiger partial charge in [-0.05, 0) is 18.1 Å². The number of nitrogen functional groups attached to an aromatic ring is 1.